The summed E-state index contributed by atoms with van der Waals surface area (Å²) in [7, 11) is 1.65. The van der Waals surface area contributed by atoms with E-state index in [0.29, 0.717) is 5.82 Å². The van der Waals surface area contributed by atoms with Crippen LogP contribution in [0.1, 0.15) is 0 Å². The average Bonchev–Trinajstić information content (AvgIpc) is 2.89. The molecule has 2 aromatic carbocycles. The quantitative estimate of drug-likeness (QED) is 0.784. The van der Waals surface area contributed by atoms with Gasteiger partial charge in [-0.25, -0.2) is 4.68 Å². The van der Waals surface area contributed by atoms with Crippen LogP contribution >= 0.6 is 15.9 Å². The Balaban J connectivity index is 2.05. The molecule has 3 rings (SSSR count). The SMILES string of the molecule is COc1cccc(-c2cc(N)n(-c3cccc(Br)c3)n2)c1. The summed E-state index contributed by atoms with van der Waals surface area (Å²) < 4.78 is 7.95. The highest BCUT2D eigenvalue weighted by Gasteiger charge is 2.09. The van der Waals surface area contributed by atoms with E-state index in [1.165, 1.54) is 0 Å². The summed E-state index contributed by atoms with van der Waals surface area (Å²) in [5.41, 5.74) is 8.78. The number of benzene rings is 2. The molecule has 1 aromatic heterocycles. The van der Waals surface area contributed by atoms with Crippen molar-refractivity contribution in [3.8, 4) is 22.7 Å². The highest BCUT2D eigenvalue weighted by molar-refractivity contribution is 9.10. The van der Waals surface area contributed by atoms with E-state index >= 15 is 0 Å². The smallest absolute Gasteiger partial charge is 0.127 e. The van der Waals surface area contributed by atoms with Gasteiger partial charge in [0.05, 0.1) is 18.5 Å². The lowest BCUT2D eigenvalue weighted by Crippen LogP contribution is -2.01. The number of rotatable bonds is 3. The number of nitrogens with two attached hydrogens (primary N) is 1. The Bertz CT molecular complexity index is 783. The first-order valence-electron chi connectivity index (χ1n) is 6.43. The van der Waals surface area contributed by atoms with Crippen LogP contribution < -0.4 is 10.5 Å². The second kappa shape index (κ2) is 5.61. The summed E-state index contributed by atoms with van der Waals surface area (Å²) in [5, 5.41) is 4.58. The van der Waals surface area contributed by atoms with Gasteiger partial charge in [-0.1, -0.05) is 34.1 Å². The standard InChI is InChI=1S/C16H14BrN3O/c1-21-14-7-2-4-11(8-14)15-10-16(18)20(19-15)13-6-3-5-12(17)9-13/h2-10H,18H2,1H3. The van der Waals surface area contributed by atoms with E-state index in [4.69, 9.17) is 10.5 Å². The molecule has 4 nitrogen and oxygen atoms in total. The second-order valence-electron chi connectivity index (χ2n) is 4.58. The minimum Gasteiger partial charge on any atom is -0.497 e. The molecule has 0 atom stereocenters. The van der Waals surface area contributed by atoms with Crippen LogP contribution in [0.25, 0.3) is 16.9 Å². The van der Waals surface area contributed by atoms with Crippen LogP contribution in [0.4, 0.5) is 5.82 Å². The number of anilines is 1. The molecule has 0 aliphatic carbocycles. The van der Waals surface area contributed by atoms with Crippen LogP contribution in [-0.2, 0) is 0 Å². The van der Waals surface area contributed by atoms with Gasteiger partial charge in [0.2, 0.25) is 0 Å². The van der Waals surface area contributed by atoms with Gasteiger partial charge in [0.25, 0.3) is 0 Å². The van der Waals surface area contributed by atoms with Crippen molar-refractivity contribution in [2.24, 2.45) is 0 Å². The summed E-state index contributed by atoms with van der Waals surface area (Å²) in [4.78, 5) is 0. The van der Waals surface area contributed by atoms with Gasteiger partial charge in [-0.05, 0) is 30.3 Å². The Labute approximate surface area is 131 Å². The van der Waals surface area contributed by atoms with Crippen molar-refractivity contribution in [3.63, 3.8) is 0 Å². The van der Waals surface area contributed by atoms with Crippen LogP contribution in [0, 0.1) is 0 Å². The fraction of sp³-hybridized carbons (Fsp3) is 0.0625. The molecule has 0 radical (unpaired) electrons. The molecule has 0 saturated heterocycles. The topological polar surface area (TPSA) is 53.1 Å². The van der Waals surface area contributed by atoms with Crippen molar-refractivity contribution < 1.29 is 4.74 Å². The first kappa shape index (κ1) is 13.7. The van der Waals surface area contributed by atoms with Crippen molar-refractivity contribution in [2.75, 3.05) is 12.8 Å². The molecule has 2 N–H and O–H groups in total. The highest BCUT2D eigenvalue weighted by atomic mass is 79.9. The summed E-state index contributed by atoms with van der Waals surface area (Å²) in [6, 6.07) is 17.5. The van der Waals surface area contributed by atoms with Crippen molar-refractivity contribution in [3.05, 3.63) is 59.1 Å². The maximum Gasteiger partial charge on any atom is 0.127 e. The van der Waals surface area contributed by atoms with E-state index in [0.717, 1.165) is 27.2 Å². The molecule has 21 heavy (non-hydrogen) atoms. The zero-order valence-electron chi connectivity index (χ0n) is 11.5. The molecule has 3 aromatic rings. The number of hydrogen-bond donors (Lipinski definition) is 1. The van der Waals surface area contributed by atoms with Crippen molar-refractivity contribution in [2.45, 2.75) is 0 Å². The molecule has 0 aliphatic rings. The highest BCUT2D eigenvalue weighted by Crippen LogP contribution is 2.26. The molecule has 106 valence electrons. The van der Waals surface area contributed by atoms with Gasteiger partial charge in [-0.15, -0.1) is 0 Å². The van der Waals surface area contributed by atoms with Crippen LogP contribution in [0.3, 0.4) is 0 Å². The average molecular weight is 344 g/mol. The largest absolute Gasteiger partial charge is 0.497 e. The van der Waals surface area contributed by atoms with Crippen molar-refractivity contribution in [1.82, 2.24) is 9.78 Å². The van der Waals surface area contributed by atoms with Gasteiger partial charge < -0.3 is 10.5 Å². The maximum absolute atomic E-state index is 6.09. The normalized spacial score (nSPS) is 10.6. The molecule has 0 amide bonds. The van der Waals surface area contributed by atoms with Gasteiger partial charge in [0.1, 0.15) is 11.6 Å². The maximum atomic E-state index is 6.09. The predicted molar refractivity (Wildman–Crippen MR) is 87.7 cm³/mol. The van der Waals surface area contributed by atoms with Gasteiger partial charge in [-0.3, -0.25) is 0 Å². The number of nitrogen functional groups attached to an aromatic ring is 1. The molecule has 5 heteroatoms. The van der Waals surface area contributed by atoms with Gasteiger partial charge >= 0.3 is 0 Å². The molecule has 0 unspecified atom stereocenters. The number of hydrogen-bond acceptors (Lipinski definition) is 3. The fourth-order valence-electron chi connectivity index (χ4n) is 2.13. The summed E-state index contributed by atoms with van der Waals surface area (Å²) >= 11 is 3.46. The lowest BCUT2D eigenvalue weighted by molar-refractivity contribution is 0.415. The Morgan fingerprint density at radius 1 is 1.10 bits per heavy atom. The molecule has 0 saturated carbocycles. The molecule has 0 bridgehead atoms. The summed E-state index contributed by atoms with van der Waals surface area (Å²) in [5.74, 6) is 1.38. The van der Waals surface area contributed by atoms with Crippen LogP contribution in [0.2, 0.25) is 0 Å². The predicted octanol–water partition coefficient (Wildman–Crippen LogP) is 3.89. The lowest BCUT2D eigenvalue weighted by atomic mass is 10.1. The van der Waals surface area contributed by atoms with Crippen molar-refractivity contribution >= 4 is 21.7 Å². The van der Waals surface area contributed by atoms with E-state index in [1.807, 2.05) is 54.6 Å². The van der Waals surface area contributed by atoms with Crippen LogP contribution in [0.15, 0.2) is 59.1 Å². The molecular weight excluding hydrogens is 330 g/mol. The van der Waals surface area contributed by atoms with Gasteiger partial charge in [-0.2, -0.15) is 5.10 Å². The van der Waals surface area contributed by atoms with E-state index in [9.17, 15) is 0 Å². The minimum atomic E-state index is 0.589. The van der Waals surface area contributed by atoms with E-state index in [1.54, 1.807) is 11.8 Å². The number of aromatic nitrogens is 2. The summed E-state index contributed by atoms with van der Waals surface area (Å²) in [6.45, 7) is 0. The summed E-state index contributed by atoms with van der Waals surface area (Å²) in [6.07, 6.45) is 0. The number of halogens is 1. The third-order valence-electron chi connectivity index (χ3n) is 3.16. The zero-order chi connectivity index (χ0) is 14.8. The van der Waals surface area contributed by atoms with Crippen LogP contribution in [0.5, 0.6) is 5.75 Å². The van der Waals surface area contributed by atoms with E-state index in [-0.39, 0.29) is 0 Å². The number of ether oxygens (including phenoxy) is 1. The first-order valence-corrected chi connectivity index (χ1v) is 7.22. The van der Waals surface area contributed by atoms with Crippen LogP contribution in [-0.4, -0.2) is 16.9 Å². The van der Waals surface area contributed by atoms with Gasteiger partial charge in [0.15, 0.2) is 0 Å². The number of nitrogens with zero attached hydrogens (tertiary/aromatic N) is 2. The Hall–Kier alpha value is -2.27. The Morgan fingerprint density at radius 3 is 2.67 bits per heavy atom. The Kier molecular flexibility index (Phi) is 3.66. The number of methoxy groups -OCH3 is 1. The third-order valence-corrected chi connectivity index (χ3v) is 3.65. The third kappa shape index (κ3) is 2.78. The van der Waals surface area contributed by atoms with E-state index in [2.05, 4.69) is 21.0 Å². The second-order valence-corrected chi connectivity index (χ2v) is 5.49. The monoisotopic (exact) mass is 343 g/mol. The molecular formula is C16H14BrN3O. The molecule has 1 heterocycles. The minimum absolute atomic E-state index is 0.589. The Morgan fingerprint density at radius 2 is 1.90 bits per heavy atom. The zero-order valence-corrected chi connectivity index (χ0v) is 13.0. The lowest BCUT2D eigenvalue weighted by Gasteiger charge is -2.04. The molecule has 0 spiro atoms. The van der Waals surface area contributed by atoms with E-state index < -0.39 is 0 Å². The molecule has 0 aliphatic heterocycles. The first-order chi connectivity index (χ1) is 10.2. The van der Waals surface area contributed by atoms with Crippen molar-refractivity contribution in [1.29, 1.82) is 0 Å². The molecule has 0 fully saturated rings. The fourth-order valence-corrected chi connectivity index (χ4v) is 2.52. The van der Waals surface area contributed by atoms with Gasteiger partial charge in [0, 0.05) is 16.1 Å².